The molecule has 1 saturated heterocycles. The number of aliphatic imine (C=N–C) groups is 1. The Morgan fingerprint density at radius 3 is 2.45 bits per heavy atom. The lowest BCUT2D eigenvalue weighted by atomic mass is 10.2. The molecule has 0 bridgehead atoms. The summed E-state index contributed by atoms with van der Waals surface area (Å²) in [6.45, 7) is 0. The number of halogens is 3. The van der Waals surface area contributed by atoms with Crippen molar-refractivity contribution in [2.45, 2.75) is 0 Å². The molecule has 0 radical (unpaired) electrons. The first kappa shape index (κ1) is 21.4. The second-order valence-corrected chi connectivity index (χ2v) is 7.78. The van der Waals surface area contributed by atoms with E-state index in [-0.39, 0.29) is 31.4 Å². The minimum atomic E-state index is -0.719. The van der Waals surface area contributed by atoms with Crippen molar-refractivity contribution in [1.82, 2.24) is 0 Å². The molecule has 148 valence electrons. The van der Waals surface area contributed by atoms with E-state index < -0.39 is 17.8 Å². The van der Waals surface area contributed by atoms with Gasteiger partial charge in [0.25, 0.3) is 11.8 Å². The molecule has 0 unspecified atom stereocenters. The first-order valence-electron chi connectivity index (χ1n) is 7.96. The van der Waals surface area contributed by atoms with E-state index in [9.17, 15) is 14.4 Å². The van der Waals surface area contributed by atoms with E-state index in [1.165, 1.54) is 19.2 Å². The maximum atomic E-state index is 12.9. The van der Waals surface area contributed by atoms with Gasteiger partial charge in [-0.05, 0) is 48.2 Å². The summed E-state index contributed by atoms with van der Waals surface area (Å²) in [5.41, 5.74) is 0.505. The zero-order valence-electron chi connectivity index (χ0n) is 14.7. The number of hydrogen-bond donors (Lipinski definition) is 0. The van der Waals surface area contributed by atoms with Gasteiger partial charge in [-0.1, -0.05) is 40.9 Å². The number of nitrogens with zero attached hydrogens (tertiary/aromatic N) is 2. The van der Waals surface area contributed by atoms with Crippen LogP contribution in [0.1, 0.15) is 10.4 Å². The molecule has 2 aromatic rings. The zero-order valence-corrected chi connectivity index (χ0v) is 17.8. The van der Waals surface area contributed by atoms with Crippen molar-refractivity contribution < 1.29 is 19.1 Å². The molecule has 1 aliphatic heterocycles. The number of esters is 1. The number of anilines is 1. The molecule has 2 amide bonds. The molecule has 0 spiro atoms. The van der Waals surface area contributed by atoms with Crippen LogP contribution >= 0.6 is 46.6 Å². The zero-order chi connectivity index (χ0) is 21.1. The maximum absolute atomic E-state index is 12.9. The number of carbonyl (C=O) groups excluding carboxylic acids is 3. The quantitative estimate of drug-likeness (QED) is 0.468. The molecular formula is C19H11Cl3N2O4S. The molecule has 6 nitrogen and oxygen atoms in total. The fraction of sp³-hybridized carbons (Fsp3) is 0.0526. The second kappa shape index (κ2) is 9.00. The SMILES string of the molecule is COC(=O)/C=C1/SC(=NC(=O)c2ccc(Cl)cc2)N(c2cccc(Cl)c2Cl)C1=O. The number of amidine groups is 1. The van der Waals surface area contributed by atoms with Crippen molar-refractivity contribution in [3.8, 4) is 0 Å². The van der Waals surface area contributed by atoms with Crippen LogP contribution in [0.15, 0.2) is 58.4 Å². The fourth-order valence-electron chi connectivity index (χ4n) is 2.34. The van der Waals surface area contributed by atoms with E-state index in [1.54, 1.807) is 30.3 Å². The fourth-order valence-corrected chi connectivity index (χ4v) is 3.77. The van der Waals surface area contributed by atoms with Gasteiger partial charge in [-0.2, -0.15) is 4.99 Å². The van der Waals surface area contributed by atoms with E-state index in [0.29, 0.717) is 5.02 Å². The summed E-state index contributed by atoms with van der Waals surface area (Å²) in [7, 11) is 1.19. The van der Waals surface area contributed by atoms with Gasteiger partial charge in [-0.15, -0.1) is 0 Å². The first-order chi connectivity index (χ1) is 13.8. The van der Waals surface area contributed by atoms with Gasteiger partial charge in [0.2, 0.25) is 0 Å². The summed E-state index contributed by atoms with van der Waals surface area (Å²) in [4.78, 5) is 42.3. The number of methoxy groups -OCH3 is 1. The smallest absolute Gasteiger partial charge is 0.331 e. The highest BCUT2D eigenvalue weighted by atomic mass is 35.5. The van der Waals surface area contributed by atoms with Crippen LogP contribution in [0.25, 0.3) is 0 Å². The predicted octanol–water partition coefficient (Wildman–Crippen LogP) is 4.98. The summed E-state index contributed by atoms with van der Waals surface area (Å²) in [5.74, 6) is -1.91. The minimum Gasteiger partial charge on any atom is -0.466 e. The highest BCUT2D eigenvalue weighted by molar-refractivity contribution is 8.19. The third-order valence-corrected chi connectivity index (χ3v) is 5.75. The third-order valence-electron chi connectivity index (χ3n) is 3.72. The summed E-state index contributed by atoms with van der Waals surface area (Å²) < 4.78 is 4.58. The lowest BCUT2D eigenvalue weighted by molar-refractivity contribution is -0.135. The standard InChI is InChI=1S/C19H11Cl3N2O4S/c1-28-15(25)9-14-18(27)24(13-4-2-3-12(21)16(13)22)19(29-14)23-17(26)10-5-7-11(20)8-6-10/h2-9H,1H3/b14-9+,23-19?. The van der Waals surface area contributed by atoms with Gasteiger partial charge in [0, 0.05) is 16.7 Å². The van der Waals surface area contributed by atoms with Crippen LogP contribution in [-0.4, -0.2) is 30.1 Å². The van der Waals surface area contributed by atoms with Gasteiger partial charge in [-0.25, -0.2) is 4.79 Å². The van der Waals surface area contributed by atoms with E-state index in [0.717, 1.165) is 22.7 Å². The number of amides is 2. The van der Waals surface area contributed by atoms with Crippen molar-refractivity contribution >= 4 is 75.2 Å². The number of rotatable bonds is 3. The number of benzene rings is 2. The minimum absolute atomic E-state index is 0.0225. The lowest BCUT2D eigenvalue weighted by Gasteiger charge is -2.17. The normalized spacial score (nSPS) is 16.6. The summed E-state index contributed by atoms with van der Waals surface area (Å²) in [6, 6.07) is 10.8. The van der Waals surface area contributed by atoms with Crippen LogP contribution in [0.4, 0.5) is 5.69 Å². The van der Waals surface area contributed by atoms with E-state index in [2.05, 4.69) is 9.73 Å². The van der Waals surface area contributed by atoms with Gasteiger partial charge in [0.15, 0.2) is 5.17 Å². The Hall–Kier alpha value is -2.32. The number of carbonyl (C=O) groups is 3. The Balaban J connectivity index is 2.08. The van der Waals surface area contributed by atoms with Crippen molar-refractivity contribution in [2.75, 3.05) is 12.0 Å². The molecule has 0 aromatic heterocycles. The topological polar surface area (TPSA) is 76.0 Å². The highest BCUT2D eigenvalue weighted by Gasteiger charge is 2.37. The Kier molecular flexibility index (Phi) is 6.64. The Morgan fingerprint density at radius 2 is 1.79 bits per heavy atom. The van der Waals surface area contributed by atoms with Gasteiger partial charge in [0.1, 0.15) is 0 Å². The molecular weight excluding hydrogens is 459 g/mol. The van der Waals surface area contributed by atoms with Crippen molar-refractivity contribution in [3.05, 3.63) is 74.1 Å². The second-order valence-electron chi connectivity index (χ2n) is 5.55. The van der Waals surface area contributed by atoms with Gasteiger partial charge < -0.3 is 4.74 Å². The molecule has 0 aliphatic carbocycles. The van der Waals surface area contributed by atoms with Crippen LogP contribution in [0.5, 0.6) is 0 Å². The monoisotopic (exact) mass is 468 g/mol. The summed E-state index contributed by atoms with van der Waals surface area (Å²) in [5, 5.41) is 0.814. The van der Waals surface area contributed by atoms with E-state index >= 15 is 0 Å². The molecule has 10 heteroatoms. The number of hydrogen-bond acceptors (Lipinski definition) is 5. The molecule has 0 saturated carbocycles. The average Bonchev–Trinajstić information content (AvgIpc) is 2.99. The number of thioether (sulfide) groups is 1. The molecule has 2 aromatic carbocycles. The van der Waals surface area contributed by atoms with Crippen LogP contribution in [0, 0.1) is 0 Å². The third kappa shape index (κ3) is 4.64. The largest absolute Gasteiger partial charge is 0.466 e. The van der Waals surface area contributed by atoms with Crippen molar-refractivity contribution in [2.24, 2.45) is 4.99 Å². The van der Waals surface area contributed by atoms with Gasteiger partial charge in [0.05, 0.1) is 27.7 Å². The van der Waals surface area contributed by atoms with Gasteiger partial charge in [-0.3, -0.25) is 14.5 Å². The Morgan fingerprint density at radius 1 is 1.10 bits per heavy atom. The Labute approximate surface area is 185 Å². The van der Waals surface area contributed by atoms with Crippen LogP contribution in [0.2, 0.25) is 15.1 Å². The van der Waals surface area contributed by atoms with E-state index in [1.807, 2.05) is 0 Å². The van der Waals surface area contributed by atoms with E-state index in [4.69, 9.17) is 34.8 Å². The maximum Gasteiger partial charge on any atom is 0.331 e. The van der Waals surface area contributed by atoms with Crippen LogP contribution in [0.3, 0.4) is 0 Å². The summed E-state index contributed by atoms with van der Waals surface area (Å²) in [6.07, 6.45) is 1.02. The number of ether oxygens (including phenoxy) is 1. The molecule has 3 rings (SSSR count). The van der Waals surface area contributed by atoms with Crippen molar-refractivity contribution in [1.29, 1.82) is 0 Å². The predicted molar refractivity (Wildman–Crippen MR) is 115 cm³/mol. The van der Waals surface area contributed by atoms with Crippen molar-refractivity contribution in [3.63, 3.8) is 0 Å². The Bertz CT molecular complexity index is 1070. The molecule has 29 heavy (non-hydrogen) atoms. The van der Waals surface area contributed by atoms with Gasteiger partial charge >= 0.3 is 5.97 Å². The van der Waals surface area contributed by atoms with Crippen LogP contribution in [-0.2, 0) is 14.3 Å². The van der Waals surface area contributed by atoms with Crippen LogP contribution < -0.4 is 4.90 Å². The molecule has 1 heterocycles. The lowest BCUT2D eigenvalue weighted by Crippen LogP contribution is -2.30. The molecule has 1 aliphatic rings. The average molecular weight is 470 g/mol. The molecule has 1 fully saturated rings. The molecule has 0 atom stereocenters. The summed E-state index contributed by atoms with van der Waals surface area (Å²) >= 11 is 19.0. The molecule has 0 N–H and O–H groups in total. The highest BCUT2D eigenvalue weighted by Crippen LogP contribution is 2.40. The first-order valence-corrected chi connectivity index (χ1v) is 9.91.